The summed E-state index contributed by atoms with van der Waals surface area (Å²) in [7, 11) is 0. The maximum absolute atomic E-state index is 12.3. The lowest BCUT2D eigenvalue weighted by Crippen LogP contribution is -2.13. The molecule has 2 heterocycles. The number of nitrogens with one attached hydrogen (secondary N) is 1. The number of aryl methyl sites for hydroxylation is 1. The predicted molar refractivity (Wildman–Crippen MR) is 97.9 cm³/mol. The van der Waals surface area contributed by atoms with Gasteiger partial charge in [-0.1, -0.05) is 5.04 Å². The van der Waals surface area contributed by atoms with Crippen LogP contribution in [0.4, 0.5) is 17.2 Å². The average molecular weight is 417 g/mol. The summed E-state index contributed by atoms with van der Waals surface area (Å²) >= 11 is 0.566. The standard InChI is InChI=1S/C15H11N7O6S/c1-6-9(5-16)13-18-14(23)11(12(17)22(13)21-6)20-19-10-3-2-7(29-28-27-26)4-8(10)15(24)25/h2-4,26H,17H2,1H3,(H,18,23)(H,24,25). The van der Waals surface area contributed by atoms with Crippen molar-refractivity contribution >= 4 is 40.9 Å². The number of benzene rings is 1. The summed E-state index contributed by atoms with van der Waals surface area (Å²) < 4.78 is 5.39. The number of hydrogen-bond acceptors (Lipinski definition) is 11. The Morgan fingerprint density at radius 1 is 1.45 bits per heavy atom. The third-order valence-electron chi connectivity index (χ3n) is 3.71. The fourth-order valence-electron chi connectivity index (χ4n) is 2.41. The monoisotopic (exact) mass is 417 g/mol. The SMILES string of the molecule is Cc1nn2c(N)c(N=Nc3ccc(SOOO)cc3C(=O)O)c(=O)[nH]c2c1C#N. The lowest BCUT2D eigenvalue weighted by molar-refractivity contribution is -0.432. The van der Waals surface area contributed by atoms with Crippen LogP contribution in [0.1, 0.15) is 21.6 Å². The van der Waals surface area contributed by atoms with Crippen molar-refractivity contribution < 1.29 is 24.5 Å². The lowest BCUT2D eigenvalue weighted by atomic mass is 10.2. The van der Waals surface area contributed by atoms with Gasteiger partial charge in [-0.3, -0.25) is 4.79 Å². The molecule has 148 valence electrons. The van der Waals surface area contributed by atoms with E-state index in [-0.39, 0.29) is 34.0 Å². The van der Waals surface area contributed by atoms with Crippen LogP contribution in [0.5, 0.6) is 0 Å². The van der Waals surface area contributed by atoms with Crippen LogP contribution in [0.2, 0.25) is 0 Å². The summed E-state index contributed by atoms with van der Waals surface area (Å²) in [6, 6.07) is 5.86. The number of nitrogens with two attached hydrogens (primary N) is 1. The summed E-state index contributed by atoms with van der Waals surface area (Å²) in [5.74, 6) is -1.49. The van der Waals surface area contributed by atoms with Crippen LogP contribution in [0.3, 0.4) is 0 Å². The van der Waals surface area contributed by atoms with Crippen LogP contribution >= 0.6 is 12.0 Å². The van der Waals surface area contributed by atoms with E-state index >= 15 is 0 Å². The Hall–Kier alpha value is -3.77. The molecule has 14 heteroatoms. The highest BCUT2D eigenvalue weighted by atomic mass is 32.2. The molecule has 0 aliphatic carbocycles. The number of rotatable bonds is 6. The van der Waals surface area contributed by atoms with Gasteiger partial charge in [-0.15, -0.1) is 14.6 Å². The van der Waals surface area contributed by atoms with Gasteiger partial charge in [0.1, 0.15) is 17.3 Å². The van der Waals surface area contributed by atoms with Crippen molar-refractivity contribution in [2.45, 2.75) is 11.8 Å². The highest BCUT2D eigenvalue weighted by molar-refractivity contribution is 7.94. The van der Waals surface area contributed by atoms with Crippen molar-refractivity contribution in [1.82, 2.24) is 14.6 Å². The number of carbonyl (C=O) groups is 1. The third kappa shape index (κ3) is 3.79. The first-order chi connectivity index (χ1) is 13.9. The number of aromatic amines is 1. The van der Waals surface area contributed by atoms with Crippen LogP contribution in [-0.2, 0) is 9.37 Å². The number of carboxylic acids is 1. The molecule has 1 aromatic carbocycles. The molecule has 0 spiro atoms. The summed E-state index contributed by atoms with van der Waals surface area (Å²) in [6.45, 7) is 1.58. The highest BCUT2D eigenvalue weighted by Crippen LogP contribution is 2.29. The molecule has 0 amide bonds. The number of azo groups is 1. The molecule has 2 aromatic heterocycles. The second-order valence-electron chi connectivity index (χ2n) is 5.43. The van der Waals surface area contributed by atoms with Gasteiger partial charge >= 0.3 is 5.97 Å². The van der Waals surface area contributed by atoms with Crippen molar-refractivity contribution in [3.05, 3.63) is 45.4 Å². The van der Waals surface area contributed by atoms with E-state index in [4.69, 9.17) is 11.0 Å². The van der Waals surface area contributed by atoms with Crippen LogP contribution < -0.4 is 11.3 Å². The molecule has 13 nitrogen and oxygen atoms in total. The Kier molecular flexibility index (Phi) is 5.57. The number of hydrogen-bond donors (Lipinski definition) is 4. The largest absolute Gasteiger partial charge is 0.478 e. The number of nitrogen functional groups attached to an aromatic ring is 1. The quantitative estimate of drug-likeness (QED) is 0.199. The van der Waals surface area contributed by atoms with E-state index in [2.05, 4.69) is 29.7 Å². The van der Waals surface area contributed by atoms with Crippen LogP contribution in [0.15, 0.2) is 38.1 Å². The molecule has 0 saturated heterocycles. The summed E-state index contributed by atoms with van der Waals surface area (Å²) in [6.07, 6.45) is 0. The Morgan fingerprint density at radius 3 is 2.86 bits per heavy atom. The number of aromatic nitrogens is 3. The summed E-state index contributed by atoms with van der Waals surface area (Å²) in [5.41, 5.74) is 5.22. The minimum Gasteiger partial charge on any atom is -0.478 e. The number of nitrogens with zero attached hydrogens (tertiary/aromatic N) is 5. The number of H-pyrrole nitrogens is 1. The zero-order valence-corrected chi connectivity index (χ0v) is 15.3. The number of fused-ring (bicyclic) bond motifs is 1. The molecule has 0 unspecified atom stereocenters. The first kappa shape index (κ1) is 20.0. The zero-order valence-electron chi connectivity index (χ0n) is 14.5. The van der Waals surface area contributed by atoms with E-state index in [1.807, 2.05) is 6.07 Å². The van der Waals surface area contributed by atoms with Crippen LogP contribution in [-0.4, -0.2) is 30.9 Å². The molecule has 29 heavy (non-hydrogen) atoms. The van der Waals surface area contributed by atoms with Crippen molar-refractivity contribution in [3.8, 4) is 6.07 Å². The molecule has 0 aliphatic heterocycles. The zero-order chi connectivity index (χ0) is 21.1. The molecule has 3 aromatic rings. The van der Waals surface area contributed by atoms with E-state index in [1.165, 1.54) is 18.2 Å². The molecule has 0 fully saturated rings. The van der Waals surface area contributed by atoms with Gasteiger partial charge in [0.25, 0.3) is 5.56 Å². The number of aromatic carboxylic acids is 1. The van der Waals surface area contributed by atoms with E-state index in [0.29, 0.717) is 22.6 Å². The fraction of sp³-hybridized carbons (Fsp3) is 0.0667. The first-order valence-electron chi connectivity index (χ1n) is 7.62. The van der Waals surface area contributed by atoms with E-state index in [1.54, 1.807) is 6.92 Å². The average Bonchev–Trinajstić information content (AvgIpc) is 3.01. The Morgan fingerprint density at radius 2 is 2.21 bits per heavy atom. The molecule has 0 aliphatic rings. The Balaban J connectivity index is 2.06. The van der Waals surface area contributed by atoms with Gasteiger partial charge in [-0.05, 0) is 25.1 Å². The molecule has 0 bridgehead atoms. The van der Waals surface area contributed by atoms with Crippen LogP contribution in [0.25, 0.3) is 5.65 Å². The molecular formula is C15H11N7O6S. The smallest absolute Gasteiger partial charge is 0.338 e. The molecule has 3 rings (SSSR count). The van der Waals surface area contributed by atoms with Gasteiger partial charge < -0.3 is 15.8 Å². The summed E-state index contributed by atoms with van der Waals surface area (Å²) in [5, 5.41) is 41.8. The van der Waals surface area contributed by atoms with Gasteiger partial charge in [-0.2, -0.15) is 14.9 Å². The number of nitriles is 1. The molecule has 0 saturated carbocycles. The van der Waals surface area contributed by atoms with E-state index < -0.39 is 11.5 Å². The Bertz CT molecular complexity index is 1240. The minimum absolute atomic E-state index is 0.0694. The van der Waals surface area contributed by atoms with Crippen molar-refractivity contribution in [3.63, 3.8) is 0 Å². The van der Waals surface area contributed by atoms with Crippen molar-refractivity contribution in [2.75, 3.05) is 5.73 Å². The van der Waals surface area contributed by atoms with Crippen molar-refractivity contribution in [1.29, 1.82) is 5.26 Å². The topological polar surface area (TPSA) is 201 Å². The molecular weight excluding hydrogens is 406 g/mol. The summed E-state index contributed by atoms with van der Waals surface area (Å²) in [4.78, 5) is 26.6. The van der Waals surface area contributed by atoms with E-state index in [9.17, 15) is 20.0 Å². The lowest BCUT2D eigenvalue weighted by Gasteiger charge is -2.04. The highest BCUT2D eigenvalue weighted by Gasteiger charge is 2.17. The van der Waals surface area contributed by atoms with Gasteiger partial charge in [0.05, 0.1) is 23.3 Å². The Labute approximate surface area is 165 Å². The normalized spacial score (nSPS) is 11.2. The minimum atomic E-state index is -1.31. The second kappa shape index (κ2) is 8.08. The molecule has 0 radical (unpaired) electrons. The predicted octanol–water partition coefficient (Wildman–Crippen LogP) is 2.33. The van der Waals surface area contributed by atoms with Gasteiger partial charge in [0.15, 0.2) is 17.2 Å². The third-order valence-corrected chi connectivity index (χ3v) is 4.28. The van der Waals surface area contributed by atoms with Gasteiger partial charge in [-0.25, -0.2) is 10.1 Å². The molecule has 5 N–H and O–H groups in total. The molecule has 0 atom stereocenters. The van der Waals surface area contributed by atoms with Crippen molar-refractivity contribution in [2.24, 2.45) is 10.2 Å². The number of carboxylic acid groups (broad SMARTS) is 1. The second-order valence-corrected chi connectivity index (χ2v) is 6.20. The number of anilines is 1. The fourth-order valence-corrected chi connectivity index (χ4v) is 2.81. The maximum Gasteiger partial charge on any atom is 0.338 e. The van der Waals surface area contributed by atoms with Crippen LogP contribution in [0, 0.1) is 18.3 Å². The van der Waals surface area contributed by atoms with Gasteiger partial charge in [0, 0.05) is 4.90 Å². The maximum atomic E-state index is 12.3. The first-order valence-corrected chi connectivity index (χ1v) is 8.36. The van der Waals surface area contributed by atoms with E-state index in [0.717, 1.165) is 4.52 Å². The van der Waals surface area contributed by atoms with Gasteiger partial charge in [0.2, 0.25) is 0 Å².